The number of imide groups is 1. The lowest BCUT2D eigenvalue weighted by atomic mass is 9.90. The Balaban J connectivity index is 1.62. The Kier molecular flexibility index (Phi) is 3.96. The average molecular weight is 397 g/mol. The van der Waals surface area contributed by atoms with Crippen molar-refractivity contribution in [3.05, 3.63) is 89.5 Å². The lowest BCUT2D eigenvalue weighted by Crippen LogP contribution is -2.52. The van der Waals surface area contributed by atoms with Crippen LogP contribution in [0.15, 0.2) is 72.8 Å². The lowest BCUT2D eigenvalue weighted by molar-refractivity contribution is -0.134. The number of hydrogen-bond donors (Lipinski definition) is 2. The molecule has 30 heavy (non-hydrogen) atoms. The van der Waals surface area contributed by atoms with E-state index in [1.54, 1.807) is 11.0 Å². The van der Waals surface area contributed by atoms with Crippen LogP contribution in [0.4, 0.5) is 10.5 Å². The molecular weight excluding hydrogens is 378 g/mol. The molecule has 0 radical (unpaired) electrons. The van der Waals surface area contributed by atoms with Gasteiger partial charge in [0.05, 0.1) is 12.2 Å². The third-order valence-electron chi connectivity index (χ3n) is 5.71. The van der Waals surface area contributed by atoms with Gasteiger partial charge in [0.1, 0.15) is 0 Å². The number of urea groups is 1. The van der Waals surface area contributed by atoms with Crippen molar-refractivity contribution in [1.82, 2.24) is 10.6 Å². The minimum absolute atomic E-state index is 0.283. The molecule has 6 heteroatoms. The molecule has 1 spiro atoms. The van der Waals surface area contributed by atoms with E-state index in [4.69, 9.17) is 0 Å². The second-order valence-corrected chi connectivity index (χ2v) is 7.59. The van der Waals surface area contributed by atoms with Gasteiger partial charge in [-0.15, -0.1) is 0 Å². The topological polar surface area (TPSA) is 78.5 Å². The van der Waals surface area contributed by atoms with Crippen molar-refractivity contribution >= 4 is 23.5 Å². The lowest BCUT2D eigenvalue weighted by Gasteiger charge is -2.22. The SMILES string of the molecule is Cc1ccc2c(c1)C1(NC(=O)NC1=O)C(=O)N2Cc1ccccc1-c1ccccc1. The highest BCUT2D eigenvalue weighted by Gasteiger charge is 2.61. The summed E-state index contributed by atoms with van der Waals surface area (Å²) in [5.74, 6) is -1.09. The van der Waals surface area contributed by atoms with Crippen LogP contribution in [0.3, 0.4) is 0 Å². The number of benzene rings is 3. The van der Waals surface area contributed by atoms with Gasteiger partial charge in [0.25, 0.3) is 11.8 Å². The van der Waals surface area contributed by atoms with Crippen molar-refractivity contribution in [3.8, 4) is 11.1 Å². The zero-order valence-corrected chi connectivity index (χ0v) is 16.3. The first-order chi connectivity index (χ1) is 14.5. The zero-order valence-electron chi connectivity index (χ0n) is 16.3. The van der Waals surface area contributed by atoms with E-state index < -0.39 is 23.4 Å². The molecule has 4 amide bonds. The Morgan fingerprint density at radius 3 is 2.37 bits per heavy atom. The van der Waals surface area contributed by atoms with Gasteiger partial charge in [-0.2, -0.15) is 0 Å². The van der Waals surface area contributed by atoms with Gasteiger partial charge in [0.2, 0.25) is 5.54 Å². The third-order valence-corrected chi connectivity index (χ3v) is 5.71. The minimum atomic E-state index is -1.71. The van der Waals surface area contributed by atoms with Crippen molar-refractivity contribution in [3.63, 3.8) is 0 Å². The Labute approximate surface area is 173 Å². The molecule has 0 aliphatic carbocycles. The van der Waals surface area contributed by atoms with Crippen LogP contribution < -0.4 is 15.5 Å². The summed E-state index contributed by atoms with van der Waals surface area (Å²) in [6.07, 6.45) is 0. The molecule has 5 rings (SSSR count). The van der Waals surface area contributed by atoms with E-state index in [1.807, 2.05) is 73.7 Å². The fourth-order valence-electron chi connectivity index (χ4n) is 4.29. The Morgan fingerprint density at radius 1 is 0.900 bits per heavy atom. The van der Waals surface area contributed by atoms with E-state index in [2.05, 4.69) is 10.6 Å². The number of rotatable bonds is 3. The van der Waals surface area contributed by atoms with Crippen LogP contribution in [0.5, 0.6) is 0 Å². The zero-order chi connectivity index (χ0) is 20.9. The number of nitrogens with one attached hydrogen (secondary N) is 2. The minimum Gasteiger partial charge on any atom is -0.312 e. The predicted octanol–water partition coefficient (Wildman–Crippen LogP) is 3.24. The van der Waals surface area contributed by atoms with Gasteiger partial charge >= 0.3 is 6.03 Å². The number of amides is 4. The molecule has 1 fully saturated rings. The van der Waals surface area contributed by atoms with E-state index in [0.717, 1.165) is 22.3 Å². The standard InChI is InChI=1S/C24H19N3O3/c1-15-11-12-20-19(13-15)24(21(28)25-23(30)26-24)22(29)27(20)14-17-9-5-6-10-18(17)16-7-3-2-4-8-16/h2-13H,14H2,1H3,(H2,25,26,28,30). The van der Waals surface area contributed by atoms with Gasteiger partial charge in [0.15, 0.2) is 0 Å². The quantitative estimate of drug-likeness (QED) is 0.526. The van der Waals surface area contributed by atoms with E-state index in [1.165, 1.54) is 0 Å². The van der Waals surface area contributed by atoms with Crippen LogP contribution in [0.1, 0.15) is 16.7 Å². The van der Waals surface area contributed by atoms with Crippen molar-refractivity contribution in [2.24, 2.45) is 0 Å². The number of carbonyl (C=O) groups excluding carboxylic acids is 3. The highest BCUT2D eigenvalue weighted by atomic mass is 16.2. The fourth-order valence-corrected chi connectivity index (χ4v) is 4.29. The number of anilines is 1. The predicted molar refractivity (Wildman–Crippen MR) is 113 cm³/mol. The van der Waals surface area contributed by atoms with E-state index >= 15 is 0 Å². The molecule has 1 atom stereocenters. The van der Waals surface area contributed by atoms with E-state index in [9.17, 15) is 14.4 Å². The maximum Gasteiger partial charge on any atom is 0.323 e. The maximum atomic E-state index is 13.6. The van der Waals surface area contributed by atoms with Gasteiger partial charge in [-0.1, -0.05) is 72.3 Å². The van der Waals surface area contributed by atoms with Crippen LogP contribution in [-0.4, -0.2) is 17.8 Å². The molecule has 3 aromatic carbocycles. The van der Waals surface area contributed by atoms with Gasteiger partial charge in [-0.25, -0.2) is 4.79 Å². The third kappa shape index (κ3) is 2.54. The van der Waals surface area contributed by atoms with Crippen molar-refractivity contribution < 1.29 is 14.4 Å². The van der Waals surface area contributed by atoms with E-state index in [-0.39, 0.29) is 6.54 Å². The van der Waals surface area contributed by atoms with Crippen LogP contribution >= 0.6 is 0 Å². The molecule has 2 aliphatic rings. The summed E-state index contributed by atoms with van der Waals surface area (Å²) in [4.78, 5) is 39.8. The first kappa shape index (κ1) is 18.1. The Morgan fingerprint density at radius 2 is 1.63 bits per heavy atom. The molecule has 0 bridgehead atoms. The molecule has 2 aliphatic heterocycles. The molecular formula is C24H19N3O3. The molecule has 1 saturated heterocycles. The summed E-state index contributed by atoms with van der Waals surface area (Å²) in [5.41, 5.74) is 3.34. The van der Waals surface area contributed by atoms with Gasteiger partial charge in [0, 0.05) is 5.56 Å². The largest absolute Gasteiger partial charge is 0.323 e. The summed E-state index contributed by atoms with van der Waals surface area (Å²) in [6.45, 7) is 2.17. The number of fused-ring (bicyclic) bond motifs is 2. The first-order valence-electron chi connectivity index (χ1n) is 9.71. The van der Waals surface area contributed by atoms with Crippen LogP contribution in [0.2, 0.25) is 0 Å². The highest BCUT2D eigenvalue weighted by molar-refractivity contribution is 6.27. The molecule has 148 valence electrons. The molecule has 0 aromatic heterocycles. The molecule has 0 saturated carbocycles. The Hall–Kier alpha value is -3.93. The average Bonchev–Trinajstić information content (AvgIpc) is 3.18. The van der Waals surface area contributed by atoms with Crippen molar-refractivity contribution in [2.75, 3.05) is 4.90 Å². The van der Waals surface area contributed by atoms with Crippen LogP contribution in [0.25, 0.3) is 11.1 Å². The molecule has 2 heterocycles. The Bertz CT molecular complexity index is 1210. The number of carbonyl (C=O) groups is 3. The second-order valence-electron chi connectivity index (χ2n) is 7.59. The number of hydrogen-bond acceptors (Lipinski definition) is 3. The maximum absolute atomic E-state index is 13.6. The second kappa shape index (κ2) is 6.56. The number of nitrogens with zero attached hydrogens (tertiary/aromatic N) is 1. The van der Waals surface area contributed by atoms with Gasteiger partial charge in [-0.3, -0.25) is 14.9 Å². The van der Waals surface area contributed by atoms with Crippen molar-refractivity contribution in [1.29, 1.82) is 0 Å². The monoisotopic (exact) mass is 397 g/mol. The van der Waals surface area contributed by atoms with E-state index in [0.29, 0.717) is 11.3 Å². The fraction of sp³-hybridized carbons (Fsp3) is 0.125. The van der Waals surface area contributed by atoms with Crippen LogP contribution in [-0.2, 0) is 21.7 Å². The smallest absolute Gasteiger partial charge is 0.312 e. The highest BCUT2D eigenvalue weighted by Crippen LogP contribution is 2.43. The molecule has 3 aromatic rings. The normalized spacial score (nSPS) is 19.8. The van der Waals surface area contributed by atoms with Gasteiger partial charge < -0.3 is 10.2 Å². The van der Waals surface area contributed by atoms with Crippen LogP contribution in [0, 0.1) is 6.92 Å². The van der Waals surface area contributed by atoms with Gasteiger partial charge in [-0.05, 0) is 29.7 Å². The summed E-state index contributed by atoms with van der Waals surface area (Å²) in [5, 5.41) is 4.81. The van der Waals surface area contributed by atoms with Crippen molar-refractivity contribution in [2.45, 2.75) is 19.0 Å². The summed E-state index contributed by atoms with van der Waals surface area (Å²) < 4.78 is 0. The molecule has 2 N–H and O–H groups in total. The summed E-state index contributed by atoms with van der Waals surface area (Å²) >= 11 is 0. The molecule has 1 unspecified atom stereocenters. The number of aryl methyl sites for hydroxylation is 1. The summed E-state index contributed by atoms with van der Waals surface area (Å²) in [7, 11) is 0. The molecule has 6 nitrogen and oxygen atoms in total. The first-order valence-corrected chi connectivity index (χ1v) is 9.71. The summed E-state index contributed by atoms with van der Waals surface area (Å²) in [6, 6.07) is 22.7.